The van der Waals surface area contributed by atoms with Crippen molar-refractivity contribution in [1.29, 1.82) is 0 Å². The minimum absolute atomic E-state index is 0.00365. The van der Waals surface area contributed by atoms with Crippen LogP contribution in [0.4, 0.5) is 0 Å². The van der Waals surface area contributed by atoms with Crippen LogP contribution in [-0.2, 0) is 23.7 Å². The number of methoxy groups -OCH3 is 1. The number of rotatable bonds is 11. The van der Waals surface area contributed by atoms with Crippen LogP contribution in [0.5, 0.6) is 0 Å². The van der Waals surface area contributed by atoms with E-state index in [-0.39, 0.29) is 46.2 Å². The topological polar surface area (TPSA) is 208 Å². The van der Waals surface area contributed by atoms with Crippen LogP contribution in [0.3, 0.4) is 0 Å². The van der Waals surface area contributed by atoms with E-state index in [2.05, 4.69) is 47.6 Å². The van der Waals surface area contributed by atoms with Gasteiger partial charge in [0.05, 0.1) is 31.5 Å². The lowest BCUT2D eigenvalue weighted by Gasteiger charge is -2.67. The maximum atomic E-state index is 10.8. The van der Waals surface area contributed by atoms with E-state index in [1.807, 2.05) is 27.0 Å². The van der Waals surface area contributed by atoms with Gasteiger partial charge in [0, 0.05) is 18.4 Å². The van der Waals surface area contributed by atoms with Crippen LogP contribution >= 0.6 is 0 Å². The second-order valence-corrected chi connectivity index (χ2v) is 19.8. The van der Waals surface area contributed by atoms with Gasteiger partial charge < -0.3 is 64.5 Å². The summed E-state index contributed by atoms with van der Waals surface area (Å²) in [6.45, 7) is 17.1. The third kappa shape index (κ3) is 7.30. The SMILES string of the molecule is COC1C=C2C(CCC(OC3OC(CO)C(O)C(O)C3O)C2(C)C)C2(C)CCC3(C)C(C(C)CC(C=C(C)C)OC4OC(CO)C(O)C(O)C4O)CCC3(C)C12. The molecule has 2 aliphatic heterocycles. The standard InChI is InChI=1S/C43H72O13/c1-21(2)16-23(53-38-35(50)33(48)31(46)28(19-44)54-38)17-22(3)24-12-13-43(8)37-27(52-9)18-26-25(41(37,6)14-15-42(24,43)7)10-11-30(40(26,4)5)56-39-36(51)34(49)32(47)29(20-45)55-39/h16,18,22-25,27-39,44-51H,10-15,17,19-20H2,1-9H3. The van der Waals surface area contributed by atoms with Crippen molar-refractivity contribution in [3.8, 4) is 0 Å². The lowest BCUT2D eigenvalue weighted by atomic mass is 9.38. The molecular weight excluding hydrogens is 724 g/mol. The number of hydrogen-bond acceptors (Lipinski definition) is 13. The van der Waals surface area contributed by atoms with E-state index in [4.69, 9.17) is 23.7 Å². The predicted octanol–water partition coefficient (Wildman–Crippen LogP) is 2.58. The van der Waals surface area contributed by atoms with Gasteiger partial charge in [-0.25, -0.2) is 0 Å². The fourth-order valence-corrected chi connectivity index (χ4v) is 12.9. The molecule has 0 bridgehead atoms. The molecule has 13 heteroatoms. The van der Waals surface area contributed by atoms with E-state index < -0.39 is 86.1 Å². The number of ether oxygens (including phenoxy) is 5. The maximum absolute atomic E-state index is 10.8. The fourth-order valence-electron chi connectivity index (χ4n) is 12.9. The van der Waals surface area contributed by atoms with Crippen molar-refractivity contribution >= 4 is 0 Å². The van der Waals surface area contributed by atoms with Crippen molar-refractivity contribution in [3.05, 3.63) is 23.3 Å². The van der Waals surface area contributed by atoms with Crippen molar-refractivity contribution in [1.82, 2.24) is 0 Å². The zero-order valence-corrected chi connectivity index (χ0v) is 35.0. The fraction of sp³-hybridized carbons (Fsp3) is 0.907. The third-order valence-corrected chi connectivity index (χ3v) is 16.2. The molecule has 0 amide bonds. The summed E-state index contributed by atoms with van der Waals surface area (Å²) >= 11 is 0. The summed E-state index contributed by atoms with van der Waals surface area (Å²) in [5.74, 6) is 1.16. The Hall–Kier alpha value is -1.04. The van der Waals surface area contributed by atoms with Crippen LogP contribution in [0.15, 0.2) is 23.3 Å². The normalized spacial score (nSPS) is 49.9. The average Bonchev–Trinajstić information content (AvgIpc) is 3.42. The number of fused-ring (bicyclic) bond motifs is 5. The summed E-state index contributed by atoms with van der Waals surface area (Å²) in [5, 5.41) is 82.7. The molecule has 20 atom stereocenters. The second kappa shape index (κ2) is 16.4. The Morgan fingerprint density at radius 2 is 1.38 bits per heavy atom. The molecule has 0 radical (unpaired) electrons. The highest BCUT2D eigenvalue weighted by Gasteiger charge is 2.69. The molecule has 0 aromatic rings. The molecule has 6 rings (SSSR count). The third-order valence-electron chi connectivity index (χ3n) is 16.2. The van der Waals surface area contributed by atoms with Gasteiger partial charge >= 0.3 is 0 Å². The molecule has 8 N–H and O–H groups in total. The number of aliphatic hydroxyl groups excluding tert-OH is 8. The summed E-state index contributed by atoms with van der Waals surface area (Å²) < 4.78 is 30.9. The lowest BCUT2D eigenvalue weighted by molar-refractivity contribution is -0.320. The largest absolute Gasteiger partial charge is 0.394 e. The predicted molar refractivity (Wildman–Crippen MR) is 206 cm³/mol. The van der Waals surface area contributed by atoms with Gasteiger partial charge in [-0.3, -0.25) is 0 Å². The van der Waals surface area contributed by atoms with E-state index in [1.54, 1.807) is 0 Å². The first-order valence-electron chi connectivity index (χ1n) is 21.0. The molecule has 5 fully saturated rings. The van der Waals surface area contributed by atoms with Crippen LogP contribution in [-0.4, -0.2) is 141 Å². The van der Waals surface area contributed by atoms with Crippen LogP contribution in [0.1, 0.15) is 100 Å². The Balaban J connectivity index is 1.23. The lowest BCUT2D eigenvalue weighted by Crippen LogP contribution is -2.64. The molecule has 56 heavy (non-hydrogen) atoms. The molecular formula is C43H72O13. The Morgan fingerprint density at radius 1 is 0.786 bits per heavy atom. The van der Waals surface area contributed by atoms with E-state index in [1.165, 1.54) is 5.57 Å². The highest BCUT2D eigenvalue weighted by Crippen LogP contribution is 2.75. The van der Waals surface area contributed by atoms with Crippen molar-refractivity contribution < 1.29 is 64.5 Å². The van der Waals surface area contributed by atoms with Crippen molar-refractivity contribution in [2.45, 2.75) is 180 Å². The first-order valence-corrected chi connectivity index (χ1v) is 21.0. The quantitative estimate of drug-likeness (QED) is 0.142. The molecule has 4 aliphatic carbocycles. The van der Waals surface area contributed by atoms with Gasteiger partial charge in [-0.05, 0) is 92.8 Å². The van der Waals surface area contributed by atoms with Gasteiger partial charge in [0.1, 0.15) is 48.8 Å². The Labute approximate surface area is 333 Å². The van der Waals surface area contributed by atoms with Crippen LogP contribution in [0.2, 0.25) is 0 Å². The highest BCUT2D eigenvalue weighted by molar-refractivity contribution is 5.33. The van der Waals surface area contributed by atoms with E-state index in [0.717, 1.165) is 44.1 Å². The number of aliphatic hydroxyl groups is 8. The van der Waals surface area contributed by atoms with Crippen molar-refractivity contribution in [2.75, 3.05) is 20.3 Å². The molecule has 2 heterocycles. The van der Waals surface area contributed by atoms with Gasteiger partial charge in [0.25, 0.3) is 0 Å². The molecule has 3 saturated carbocycles. The summed E-state index contributed by atoms with van der Waals surface area (Å²) in [5.41, 5.74) is 1.78. The first kappa shape index (κ1) is 44.5. The van der Waals surface area contributed by atoms with Gasteiger partial charge in [0.15, 0.2) is 12.6 Å². The zero-order valence-electron chi connectivity index (χ0n) is 35.0. The van der Waals surface area contributed by atoms with Gasteiger partial charge in [-0.2, -0.15) is 0 Å². The molecule has 0 aromatic heterocycles. The second-order valence-electron chi connectivity index (χ2n) is 19.8. The summed E-state index contributed by atoms with van der Waals surface area (Å²) in [6, 6.07) is 0. The number of allylic oxidation sites excluding steroid dienone is 1. The van der Waals surface area contributed by atoms with Gasteiger partial charge in [-0.15, -0.1) is 0 Å². The monoisotopic (exact) mass is 796 g/mol. The van der Waals surface area contributed by atoms with Crippen LogP contribution < -0.4 is 0 Å². The van der Waals surface area contributed by atoms with Gasteiger partial charge in [-0.1, -0.05) is 64.8 Å². The Bertz CT molecular complexity index is 1430. The van der Waals surface area contributed by atoms with Crippen LogP contribution in [0.25, 0.3) is 0 Å². The minimum Gasteiger partial charge on any atom is -0.394 e. The molecule has 322 valence electrons. The zero-order chi connectivity index (χ0) is 41.3. The average molecular weight is 797 g/mol. The van der Waals surface area contributed by atoms with Crippen LogP contribution in [0, 0.1) is 45.3 Å². The molecule has 2 saturated heterocycles. The molecule has 0 spiro atoms. The highest BCUT2D eigenvalue weighted by atomic mass is 16.7. The maximum Gasteiger partial charge on any atom is 0.187 e. The molecule has 0 aromatic carbocycles. The van der Waals surface area contributed by atoms with Gasteiger partial charge in [0.2, 0.25) is 0 Å². The number of hydrogen-bond donors (Lipinski definition) is 8. The minimum atomic E-state index is -1.50. The van der Waals surface area contributed by atoms with E-state index in [0.29, 0.717) is 12.3 Å². The van der Waals surface area contributed by atoms with Crippen molar-refractivity contribution in [2.24, 2.45) is 45.3 Å². The Kier molecular flexibility index (Phi) is 13.1. The summed E-state index contributed by atoms with van der Waals surface area (Å²) in [4.78, 5) is 0. The first-order chi connectivity index (χ1) is 26.2. The molecule has 6 aliphatic rings. The van der Waals surface area contributed by atoms with E-state index >= 15 is 0 Å². The summed E-state index contributed by atoms with van der Waals surface area (Å²) in [7, 11) is 1.81. The molecule has 13 nitrogen and oxygen atoms in total. The summed E-state index contributed by atoms with van der Waals surface area (Å²) in [6.07, 6.45) is -3.34. The smallest absolute Gasteiger partial charge is 0.187 e. The molecule has 20 unspecified atom stereocenters. The van der Waals surface area contributed by atoms with Crippen molar-refractivity contribution in [3.63, 3.8) is 0 Å². The Morgan fingerprint density at radius 3 is 1.95 bits per heavy atom. The van der Waals surface area contributed by atoms with E-state index in [9.17, 15) is 40.9 Å².